The zero-order valence-corrected chi connectivity index (χ0v) is 9.17. The van der Waals surface area contributed by atoms with E-state index in [0.29, 0.717) is 5.92 Å². The summed E-state index contributed by atoms with van der Waals surface area (Å²) in [6, 6.07) is 6.60. The minimum absolute atomic E-state index is 0.666. The molecule has 0 aliphatic carbocycles. The van der Waals surface area contributed by atoms with Gasteiger partial charge in [-0.25, -0.2) is 0 Å². The lowest BCUT2D eigenvalue weighted by atomic mass is 9.97. The first-order valence-electron chi connectivity index (χ1n) is 5.21. The largest absolute Gasteiger partial charge is 0.374 e. The van der Waals surface area contributed by atoms with Crippen LogP contribution in [0.2, 0.25) is 0 Å². The van der Waals surface area contributed by atoms with Crippen molar-refractivity contribution in [1.82, 2.24) is 5.32 Å². The van der Waals surface area contributed by atoms with E-state index < -0.39 is 0 Å². The van der Waals surface area contributed by atoms with E-state index in [0.717, 1.165) is 13.1 Å². The molecule has 0 bridgehead atoms. The Hall–Kier alpha value is -1.02. The highest BCUT2D eigenvalue weighted by atomic mass is 15.1. The fraction of sp³-hybridized carbons (Fsp3) is 0.500. The van der Waals surface area contributed by atoms with Crippen molar-refractivity contribution < 1.29 is 0 Å². The highest BCUT2D eigenvalue weighted by Gasteiger charge is 2.24. The summed E-state index contributed by atoms with van der Waals surface area (Å²) in [5.41, 5.74) is 4.39. The second-order valence-electron chi connectivity index (χ2n) is 4.16. The Morgan fingerprint density at radius 2 is 2.29 bits per heavy atom. The van der Waals surface area contributed by atoms with Crippen LogP contribution in [-0.4, -0.2) is 20.6 Å². The van der Waals surface area contributed by atoms with Crippen molar-refractivity contribution in [2.75, 3.05) is 25.5 Å². The summed E-state index contributed by atoms with van der Waals surface area (Å²) in [4.78, 5) is 2.35. The molecule has 1 heterocycles. The van der Waals surface area contributed by atoms with Gasteiger partial charge in [-0.1, -0.05) is 19.1 Å². The molecule has 0 amide bonds. The summed E-state index contributed by atoms with van der Waals surface area (Å²) in [5, 5.41) is 3.23. The van der Waals surface area contributed by atoms with E-state index in [9.17, 15) is 0 Å². The number of likely N-dealkylation sites (N-methyl/N-ethyl adjacent to an activating group) is 1. The molecule has 0 saturated heterocycles. The van der Waals surface area contributed by atoms with Crippen molar-refractivity contribution in [1.29, 1.82) is 0 Å². The van der Waals surface area contributed by atoms with Gasteiger partial charge in [-0.3, -0.25) is 0 Å². The summed E-state index contributed by atoms with van der Waals surface area (Å²) in [7, 11) is 4.17. The van der Waals surface area contributed by atoms with Crippen molar-refractivity contribution in [3.8, 4) is 0 Å². The van der Waals surface area contributed by atoms with E-state index in [2.05, 4.69) is 42.4 Å². The lowest BCUT2D eigenvalue weighted by Crippen LogP contribution is -2.13. The van der Waals surface area contributed by atoms with Crippen LogP contribution in [0.4, 0.5) is 5.69 Å². The number of nitrogens with zero attached hydrogens (tertiary/aromatic N) is 1. The predicted octanol–water partition coefficient (Wildman–Crippen LogP) is 1.96. The molecule has 1 aromatic carbocycles. The number of nitrogens with one attached hydrogen (secondary N) is 1. The molecule has 2 nitrogen and oxygen atoms in total. The Bertz CT molecular complexity index is 333. The van der Waals surface area contributed by atoms with Gasteiger partial charge in [-0.15, -0.1) is 0 Å². The third-order valence-electron chi connectivity index (χ3n) is 2.99. The minimum Gasteiger partial charge on any atom is -0.374 e. The predicted molar refractivity (Wildman–Crippen MR) is 60.9 cm³/mol. The van der Waals surface area contributed by atoms with Gasteiger partial charge in [0.15, 0.2) is 0 Å². The Morgan fingerprint density at radius 1 is 1.50 bits per heavy atom. The van der Waals surface area contributed by atoms with E-state index in [1.807, 2.05) is 7.05 Å². The van der Waals surface area contributed by atoms with E-state index in [4.69, 9.17) is 0 Å². The van der Waals surface area contributed by atoms with Crippen LogP contribution in [0.5, 0.6) is 0 Å². The molecule has 0 aromatic heterocycles. The third kappa shape index (κ3) is 1.40. The van der Waals surface area contributed by atoms with Crippen LogP contribution in [-0.2, 0) is 6.54 Å². The maximum Gasteiger partial charge on any atom is 0.0403 e. The van der Waals surface area contributed by atoms with E-state index in [1.165, 1.54) is 16.8 Å². The summed E-state index contributed by atoms with van der Waals surface area (Å²) < 4.78 is 0. The second-order valence-corrected chi connectivity index (χ2v) is 4.16. The molecule has 14 heavy (non-hydrogen) atoms. The Kier molecular flexibility index (Phi) is 2.46. The number of rotatable bonds is 2. The highest BCUT2D eigenvalue weighted by molar-refractivity contribution is 5.62. The standard InChI is InChI=1S/C12H18N2/c1-9-8-14(3)11-6-4-5-10(7-13-2)12(9)11/h4-6,9,13H,7-8H2,1-3H3. The van der Waals surface area contributed by atoms with Gasteiger partial charge in [0.2, 0.25) is 0 Å². The minimum atomic E-state index is 0.666. The molecule has 1 aromatic rings. The summed E-state index contributed by atoms with van der Waals surface area (Å²) in [6.45, 7) is 4.43. The average Bonchev–Trinajstić information content (AvgIpc) is 2.44. The van der Waals surface area contributed by atoms with Gasteiger partial charge < -0.3 is 10.2 Å². The van der Waals surface area contributed by atoms with Gasteiger partial charge in [0.05, 0.1) is 0 Å². The van der Waals surface area contributed by atoms with Crippen molar-refractivity contribution in [3.05, 3.63) is 29.3 Å². The molecule has 0 fully saturated rings. The smallest absolute Gasteiger partial charge is 0.0403 e. The zero-order valence-electron chi connectivity index (χ0n) is 9.17. The monoisotopic (exact) mass is 190 g/mol. The zero-order chi connectivity index (χ0) is 10.1. The van der Waals surface area contributed by atoms with Crippen LogP contribution in [0.1, 0.15) is 24.0 Å². The Labute approximate surface area is 85.9 Å². The molecular weight excluding hydrogens is 172 g/mol. The molecule has 0 spiro atoms. The Balaban J connectivity index is 2.45. The summed E-state index contributed by atoms with van der Waals surface area (Å²) in [6.07, 6.45) is 0. The fourth-order valence-electron chi connectivity index (χ4n) is 2.45. The number of hydrogen-bond donors (Lipinski definition) is 1. The first-order chi connectivity index (χ1) is 6.74. The molecule has 0 radical (unpaired) electrons. The first-order valence-corrected chi connectivity index (χ1v) is 5.21. The van der Waals surface area contributed by atoms with Crippen LogP contribution in [0.25, 0.3) is 0 Å². The second kappa shape index (κ2) is 3.62. The molecule has 1 atom stereocenters. The SMILES string of the molecule is CNCc1cccc2c1C(C)CN2C. The van der Waals surface area contributed by atoms with Crippen molar-refractivity contribution in [3.63, 3.8) is 0 Å². The van der Waals surface area contributed by atoms with Gasteiger partial charge in [0.1, 0.15) is 0 Å². The summed E-state index contributed by atoms with van der Waals surface area (Å²) >= 11 is 0. The van der Waals surface area contributed by atoms with Crippen LogP contribution >= 0.6 is 0 Å². The normalized spacial score (nSPS) is 19.9. The third-order valence-corrected chi connectivity index (χ3v) is 2.99. The quantitative estimate of drug-likeness (QED) is 0.767. The molecule has 0 saturated carbocycles. The van der Waals surface area contributed by atoms with Gasteiger partial charge in [-0.2, -0.15) is 0 Å². The van der Waals surface area contributed by atoms with Crippen LogP contribution in [0.3, 0.4) is 0 Å². The number of fused-ring (bicyclic) bond motifs is 1. The molecular formula is C12H18N2. The lowest BCUT2D eigenvalue weighted by Gasteiger charge is -2.12. The van der Waals surface area contributed by atoms with Gasteiger partial charge >= 0.3 is 0 Å². The van der Waals surface area contributed by atoms with E-state index in [1.54, 1.807) is 0 Å². The molecule has 2 rings (SSSR count). The molecule has 1 aliphatic rings. The van der Waals surface area contributed by atoms with Crippen molar-refractivity contribution >= 4 is 5.69 Å². The highest BCUT2D eigenvalue weighted by Crippen LogP contribution is 2.37. The van der Waals surface area contributed by atoms with E-state index in [-0.39, 0.29) is 0 Å². The topological polar surface area (TPSA) is 15.3 Å². The average molecular weight is 190 g/mol. The molecule has 1 N–H and O–H groups in total. The molecule has 2 heteroatoms. The maximum atomic E-state index is 3.23. The van der Waals surface area contributed by atoms with Gasteiger partial charge in [0, 0.05) is 31.7 Å². The fourth-order valence-corrected chi connectivity index (χ4v) is 2.45. The molecule has 76 valence electrons. The van der Waals surface area contributed by atoms with Gasteiger partial charge in [0.25, 0.3) is 0 Å². The van der Waals surface area contributed by atoms with Crippen molar-refractivity contribution in [2.45, 2.75) is 19.4 Å². The number of hydrogen-bond acceptors (Lipinski definition) is 2. The number of benzene rings is 1. The van der Waals surface area contributed by atoms with Crippen LogP contribution in [0.15, 0.2) is 18.2 Å². The molecule has 1 unspecified atom stereocenters. The van der Waals surface area contributed by atoms with E-state index >= 15 is 0 Å². The summed E-state index contributed by atoms with van der Waals surface area (Å²) in [5.74, 6) is 0.666. The Morgan fingerprint density at radius 3 is 3.00 bits per heavy atom. The van der Waals surface area contributed by atoms with Crippen LogP contribution < -0.4 is 10.2 Å². The van der Waals surface area contributed by atoms with Crippen LogP contribution in [0, 0.1) is 0 Å². The van der Waals surface area contributed by atoms with Gasteiger partial charge in [-0.05, 0) is 24.2 Å². The number of anilines is 1. The first kappa shape index (κ1) is 9.53. The molecule has 1 aliphatic heterocycles. The van der Waals surface area contributed by atoms with Crippen molar-refractivity contribution in [2.24, 2.45) is 0 Å². The maximum absolute atomic E-state index is 3.23. The lowest BCUT2D eigenvalue weighted by molar-refractivity contribution is 0.762.